The number of sulfonamides is 1. The lowest BCUT2D eigenvalue weighted by molar-refractivity contribution is -0.117. The fourth-order valence-corrected chi connectivity index (χ4v) is 3.65. The maximum Gasteiger partial charge on any atom is 0.242 e. The summed E-state index contributed by atoms with van der Waals surface area (Å²) in [7, 11) is -3.81. The standard InChI is InChI=1S/C17H19BrN2O4S/c1-3-24-15-7-9-16(10-8-15)25(22,23)20-12(2)17(21)19-14-6-4-5-13(18)11-14/h4-12,20H,3H2,1-2H3,(H,19,21)/t12-/m0/s1. The van der Waals surface area contributed by atoms with Crippen molar-refractivity contribution in [3.63, 3.8) is 0 Å². The van der Waals surface area contributed by atoms with Crippen LogP contribution in [0.4, 0.5) is 5.69 Å². The van der Waals surface area contributed by atoms with E-state index in [1.54, 1.807) is 30.3 Å². The molecule has 0 saturated carbocycles. The molecule has 2 N–H and O–H groups in total. The molecule has 2 aromatic rings. The molecule has 0 bridgehead atoms. The first kappa shape index (κ1) is 19.4. The average molecular weight is 427 g/mol. The zero-order chi connectivity index (χ0) is 18.4. The van der Waals surface area contributed by atoms with E-state index < -0.39 is 22.0 Å². The Kier molecular flexibility index (Phi) is 6.57. The van der Waals surface area contributed by atoms with Gasteiger partial charge in [-0.1, -0.05) is 22.0 Å². The third-order valence-electron chi connectivity index (χ3n) is 3.26. The van der Waals surface area contributed by atoms with Crippen molar-refractivity contribution in [2.75, 3.05) is 11.9 Å². The Morgan fingerprint density at radius 3 is 2.48 bits per heavy atom. The molecule has 1 amide bonds. The second-order valence-corrected chi connectivity index (χ2v) is 7.88. The second kappa shape index (κ2) is 8.46. The normalized spacial score (nSPS) is 12.4. The highest BCUT2D eigenvalue weighted by Gasteiger charge is 2.22. The Morgan fingerprint density at radius 1 is 1.20 bits per heavy atom. The number of benzene rings is 2. The number of ether oxygens (including phenoxy) is 1. The monoisotopic (exact) mass is 426 g/mol. The van der Waals surface area contributed by atoms with Gasteiger partial charge in [-0.25, -0.2) is 8.42 Å². The summed E-state index contributed by atoms with van der Waals surface area (Å²) in [5, 5.41) is 2.67. The van der Waals surface area contributed by atoms with Gasteiger partial charge in [-0.15, -0.1) is 0 Å². The van der Waals surface area contributed by atoms with E-state index >= 15 is 0 Å². The summed E-state index contributed by atoms with van der Waals surface area (Å²) in [5.41, 5.74) is 0.575. The van der Waals surface area contributed by atoms with Crippen molar-refractivity contribution in [1.29, 1.82) is 0 Å². The summed E-state index contributed by atoms with van der Waals surface area (Å²) >= 11 is 3.31. The number of amides is 1. The number of nitrogens with one attached hydrogen (secondary N) is 2. The number of hydrogen-bond acceptors (Lipinski definition) is 4. The SMILES string of the molecule is CCOc1ccc(S(=O)(=O)N[C@@H](C)C(=O)Nc2cccc(Br)c2)cc1. The summed E-state index contributed by atoms with van der Waals surface area (Å²) in [5.74, 6) is 0.134. The van der Waals surface area contributed by atoms with Gasteiger partial charge in [-0.05, 0) is 56.3 Å². The summed E-state index contributed by atoms with van der Waals surface area (Å²) in [6.45, 7) is 3.83. The van der Waals surface area contributed by atoms with Crippen molar-refractivity contribution in [2.24, 2.45) is 0 Å². The van der Waals surface area contributed by atoms with Crippen LogP contribution in [0.15, 0.2) is 57.9 Å². The maximum absolute atomic E-state index is 12.4. The molecule has 0 heterocycles. The van der Waals surface area contributed by atoms with Crippen LogP contribution < -0.4 is 14.8 Å². The van der Waals surface area contributed by atoms with Gasteiger partial charge < -0.3 is 10.1 Å². The van der Waals surface area contributed by atoms with Gasteiger partial charge in [0.1, 0.15) is 5.75 Å². The molecule has 8 heteroatoms. The maximum atomic E-state index is 12.4. The Morgan fingerprint density at radius 2 is 1.88 bits per heavy atom. The number of carbonyl (C=O) groups is 1. The Balaban J connectivity index is 2.04. The largest absolute Gasteiger partial charge is 0.494 e. The van der Waals surface area contributed by atoms with Crippen LogP contribution in [0.1, 0.15) is 13.8 Å². The predicted molar refractivity (Wildman–Crippen MR) is 100 cm³/mol. The van der Waals surface area contributed by atoms with Gasteiger partial charge in [0.15, 0.2) is 0 Å². The van der Waals surface area contributed by atoms with Gasteiger partial charge in [-0.3, -0.25) is 4.79 Å². The highest BCUT2D eigenvalue weighted by molar-refractivity contribution is 9.10. The molecule has 1 atom stereocenters. The molecule has 0 aliphatic heterocycles. The molecule has 134 valence electrons. The first-order chi connectivity index (χ1) is 11.8. The zero-order valence-electron chi connectivity index (χ0n) is 13.8. The lowest BCUT2D eigenvalue weighted by Crippen LogP contribution is -2.41. The molecule has 6 nitrogen and oxygen atoms in total. The van der Waals surface area contributed by atoms with Gasteiger partial charge in [0.25, 0.3) is 0 Å². The van der Waals surface area contributed by atoms with Crippen LogP contribution >= 0.6 is 15.9 Å². The minimum Gasteiger partial charge on any atom is -0.494 e. The van der Waals surface area contributed by atoms with E-state index in [1.165, 1.54) is 19.1 Å². The zero-order valence-corrected chi connectivity index (χ0v) is 16.2. The number of hydrogen-bond donors (Lipinski definition) is 2. The number of carbonyl (C=O) groups excluding carboxylic acids is 1. The van der Waals surface area contributed by atoms with E-state index in [0.717, 1.165) is 4.47 Å². The third kappa shape index (κ3) is 5.55. The number of halogens is 1. The smallest absolute Gasteiger partial charge is 0.242 e. The molecule has 0 fully saturated rings. The molecule has 2 rings (SSSR count). The highest BCUT2D eigenvalue weighted by atomic mass is 79.9. The Hall–Kier alpha value is -1.90. The van der Waals surface area contributed by atoms with Crippen molar-refractivity contribution in [3.8, 4) is 5.75 Å². The molecular weight excluding hydrogens is 408 g/mol. The third-order valence-corrected chi connectivity index (χ3v) is 5.31. The van der Waals surface area contributed by atoms with E-state index in [2.05, 4.69) is 26.0 Å². The molecule has 0 aliphatic carbocycles. The average Bonchev–Trinajstić information content (AvgIpc) is 2.55. The summed E-state index contributed by atoms with van der Waals surface area (Å²) in [6.07, 6.45) is 0. The van der Waals surface area contributed by atoms with Gasteiger partial charge in [0, 0.05) is 10.2 Å². The van der Waals surface area contributed by atoms with Crippen molar-refractivity contribution in [1.82, 2.24) is 4.72 Å². The fraction of sp³-hybridized carbons (Fsp3) is 0.235. The van der Waals surface area contributed by atoms with E-state index in [9.17, 15) is 13.2 Å². The highest BCUT2D eigenvalue weighted by Crippen LogP contribution is 2.17. The number of anilines is 1. The molecule has 25 heavy (non-hydrogen) atoms. The van der Waals surface area contributed by atoms with Crippen LogP contribution in [-0.4, -0.2) is 27.0 Å². The summed E-state index contributed by atoms with van der Waals surface area (Å²) in [4.78, 5) is 12.3. The molecular formula is C17H19BrN2O4S. The molecule has 0 radical (unpaired) electrons. The first-order valence-electron chi connectivity index (χ1n) is 7.63. The molecule has 0 aromatic heterocycles. The fourth-order valence-electron chi connectivity index (χ4n) is 2.05. The van der Waals surface area contributed by atoms with E-state index in [1.807, 2.05) is 13.0 Å². The van der Waals surface area contributed by atoms with Crippen molar-refractivity contribution in [3.05, 3.63) is 53.0 Å². The molecule has 2 aromatic carbocycles. The van der Waals surface area contributed by atoms with Crippen molar-refractivity contribution < 1.29 is 17.9 Å². The minimum atomic E-state index is -3.81. The predicted octanol–water partition coefficient (Wildman–Crippen LogP) is 3.15. The van der Waals surface area contributed by atoms with Crippen molar-refractivity contribution >= 4 is 37.5 Å². The second-order valence-electron chi connectivity index (χ2n) is 5.25. The minimum absolute atomic E-state index is 0.0676. The topological polar surface area (TPSA) is 84.5 Å². The number of rotatable bonds is 7. The van der Waals surface area contributed by atoms with E-state index in [4.69, 9.17) is 4.74 Å². The lowest BCUT2D eigenvalue weighted by atomic mass is 10.3. The van der Waals surface area contributed by atoms with Crippen LogP contribution in [-0.2, 0) is 14.8 Å². The van der Waals surface area contributed by atoms with Crippen LogP contribution in [0.2, 0.25) is 0 Å². The van der Waals surface area contributed by atoms with E-state index in [0.29, 0.717) is 18.0 Å². The Labute approximate surface area is 155 Å². The summed E-state index contributed by atoms with van der Waals surface area (Å²) < 4.78 is 33.2. The van der Waals surface area contributed by atoms with Crippen LogP contribution in [0.5, 0.6) is 5.75 Å². The first-order valence-corrected chi connectivity index (χ1v) is 9.91. The van der Waals surface area contributed by atoms with E-state index in [-0.39, 0.29) is 4.90 Å². The van der Waals surface area contributed by atoms with Crippen LogP contribution in [0, 0.1) is 0 Å². The van der Waals surface area contributed by atoms with Gasteiger partial charge in [0.05, 0.1) is 17.5 Å². The van der Waals surface area contributed by atoms with Gasteiger partial charge in [-0.2, -0.15) is 4.72 Å². The van der Waals surface area contributed by atoms with Crippen LogP contribution in [0.3, 0.4) is 0 Å². The van der Waals surface area contributed by atoms with Crippen molar-refractivity contribution in [2.45, 2.75) is 24.8 Å². The van der Waals surface area contributed by atoms with Gasteiger partial charge >= 0.3 is 0 Å². The Bertz CT molecular complexity index is 838. The quantitative estimate of drug-likeness (QED) is 0.711. The molecule has 0 spiro atoms. The molecule has 0 saturated heterocycles. The van der Waals surface area contributed by atoms with Gasteiger partial charge in [0.2, 0.25) is 15.9 Å². The molecule has 0 unspecified atom stereocenters. The van der Waals surface area contributed by atoms with Crippen LogP contribution in [0.25, 0.3) is 0 Å². The summed E-state index contributed by atoms with van der Waals surface area (Å²) in [6, 6.07) is 12.1. The lowest BCUT2D eigenvalue weighted by Gasteiger charge is -2.15. The molecule has 0 aliphatic rings.